The van der Waals surface area contributed by atoms with E-state index in [0.717, 1.165) is 36.4 Å². The lowest BCUT2D eigenvalue weighted by Gasteiger charge is -2.60. The fourth-order valence-corrected chi connectivity index (χ4v) is 7.10. The molecule has 29 heavy (non-hydrogen) atoms. The van der Waals surface area contributed by atoms with Gasteiger partial charge in [0.25, 0.3) is 0 Å². The first-order valence-corrected chi connectivity index (χ1v) is 10.3. The van der Waals surface area contributed by atoms with Crippen molar-refractivity contribution in [2.75, 3.05) is 33.2 Å². The number of benzene rings is 1. The molecule has 0 radical (unpaired) electrons. The Bertz CT molecular complexity index is 961. The Hall–Kier alpha value is -2.25. The third-order valence-corrected chi connectivity index (χ3v) is 8.12. The van der Waals surface area contributed by atoms with Gasteiger partial charge in [-0.25, -0.2) is 0 Å². The number of fused-ring (bicyclic) bond motifs is 4. The fraction of sp³-hybridized carbons (Fsp3) is 0.591. The quantitative estimate of drug-likeness (QED) is 0.619. The number of nitrogens with zero attached hydrogens (tertiary/aromatic N) is 1. The van der Waals surface area contributed by atoms with Gasteiger partial charge in [0.15, 0.2) is 5.72 Å². The number of allylic oxidation sites excluding steroid dienone is 1. The van der Waals surface area contributed by atoms with Crippen molar-refractivity contribution in [2.45, 2.75) is 43.2 Å². The summed E-state index contributed by atoms with van der Waals surface area (Å²) >= 11 is 0. The Labute approximate surface area is 169 Å². The van der Waals surface area contributed by atoms with Gasteiger partial charge in [0, 0.05) is 19.0 Å². The van der Waals surface area contributed by atoms with Gasteiger partial charge in [0.2, 0.25) is 0 Å². The van der Waals surface area contributed by atoms with E-state index in [1.807, 2.05) is 6.07 Å². The normalized spacial score (nSPS) is 41.9. The maximum absolute atomic E-state index is 13.3. The number of nitrogens with one attached hydrogen (secondary N) is 1. The molecule has 6 atom stereocenters. The van der Waals surface area contributed by atoms with Crippen LogP contribution in [0, 0.1) is 11.8 Å². The van der Waals surface area contributed by atoms with Crippen molar-refractivity contribution in [1.82, 2.24) is 4.90 Å². The van der Waals surface area contributed by atoms with Gasteiger partial charge in [-0.15, -0.1) is 0 Å². The molecule has 1 N–H and O–H groups in total. The van der Waals surface area contributed by atoms with Crippen LogP contribution >= 0.6 is 0 Å². The van der Waals surface area contributed by atoms with Crippen molar-refractivity contribution in [1.29, 1.82) is 0 Å². The highest BCUT2D eigenvalue weighted by atomic mass is 16.6. The molecule has 4 fully saturated rings. The first kappa shape index (κ1) is 17.6. The Morgan fingerprint density at radius 2 is 2.14 bits per heavy atom. The van der Waals surface area contributed by atoms with Crippen molar-refractivity contribution >= 4 is 11.7 Å². The summed E-state index contributed by atoms with van der Waals surface area (Å²) < 4.78 is 23.4. The molecule has 1 aliphatic carbocycles. The monoisotopic (exact) mass is 398 g/mol. The average Bonchev–Trinajstić information content (AvgIpc) is 3.34. The number of carbonyl (C=O) groups is 1. The number of esters is 1. The Morgan fingerprint density at radius 1 is 1.31 bits per heavy atom. The summed E-state index contributed by atoms with van der Waals surface area (Å²) in [6.45, 7) is 2.92. The van der Waals surface area contributed by atoms with Gasteiger partial charge in [0.1, 0.15) is 17.7 Å². The van der Waals surface area contributed by atoms with Gasteiger partial charge in [-0.2, -0.15) is 0 Å². The molecule has 4 bridgehead atoms. The summed E-state index contributed by atoms with van der Waals surface area (Å²) in [6.07, 6.45) is 3.81. The highest BCUT2D eigenvalue weighted by Gasteiger charge is 2.82. The third-order valence-electron chi connectivity index (χ3n) is 8.12. The number of anilines is 1. The molecule has 7 heteroatoms. The number of piperidine rings is 2. The average molecular weight is 398 g/mol. The first-order chi connectivity index (χ1) is 14.0. The second kappa shape index (κ2) is 5.46. The van der Waals surface area contributed by atoms with Crippen LogP contribution in [0.25, 0.3) is 0 Å². The van der Waals surface area contributed by atoms with Crippen molar-refractivity contribution in [3.05, 3.63) is 29.3 Å². The summed E-state index contributed by atoms with van der Waals surface area (Å²) in [5.41, 5.74) is 2.12. The summed E-state index contributed by atoms with van der Waals surface area (Å²) in [5, 5.41) is 3.72. The van der Waals surface area contributed by atoms with Crippen LogP contribution < -0.4 is 14.8 Å². The van der Waals surface area contributed by atoms with E-state index < -0.39 is 11.1 Å². The number of hydrogen-bond acceptors (Lipinski definition) is 7. The van der Waals surface area contributed by atoms with E-state index in [2.05, 4.69) is 29.3 Å². The van der Waals surface area contributed by atoms with Crippen molar-refractivity contribution in [2.24, 2.45) is 11.8 Å². The molecule has 0 aromatic heterocycles. The second-order valence-corrected chi connectivity index (χ2v) is 8.76. The first-order valence-electron chi connectivity index (χ1n) is 10.3. The van der Waals surface area contributed by atoms with E-state index in [0.29, 0.717) is 5.75 Å². The van der Waals surface area contributed by atoms with E-state index in [9.17, 15) is 4.79 Å². The molecule has 7 nitrogen and oxygen atoms in total. The summed E-state index contributed by atoms with van der Waals surface area (Å²) in [6, 6.07) is 4.15. The molecule has 4 heterocycles. The van der Waals surface area contributed by atoms with Gasteiger partial charge in [-0.3, -0.25) is 9.69 Å². The molecular formula is C22H26N2O5. The van der Waals surface area contributed by atoms with E-state index in [1.54, 1.807) is 14.2 Å². The van der Waals surface area contributed by atoms with Crippen LogP contribution in [-0.2, 0) is 19.7 Å². The van der Waals surface area contributed by atoms with E-state index in [1.165, 1.54) is 12.7 Å². The lowest BCUT2D eigenvalue weighted by Crippen LogP contribution is -2.73. The van der Waals surface area contributed by atoms with Gasteiger partial charge in [-0.05, 0) is 30.9 Å². The second-order valence-electron chi connectivity index (χ2n) is 8.76. The zero-order valence-corrected chi connectivity index (χ0v) is 17.2. The summed E-state index contributed by atoms with van der Waals surface area (Å²) in [7, 11) is 4.81. The van der Waals surface area contributed by atoms with Crippen LogP contribution in [-0.4, -0.2) is 56.7 Å². The van der Waals surface area contributed by atoms with E-state index in [4.69, 9.17) is 18.9 Å². The van der Waals surface area contributed by atoms with Gasteiger partial charge < -0.3 is 24.3 Å². The molecule has 6 unspecified atom stereocenters. The van der Waals surface area contributed by atoms with Crippen LogP contribution in [0.15, 0.2) is 23.8 Å². The van der Waals surface area contributed by atoms with Gasteiger partial charge in [0.05, 0.1) is 44.4 Å². The zero-order chi connectivity index (χ0) is 20.1. The van der Waals surface area contributed by atoms with Crippen molar-refractivity contribution in [3.8, 4) is 11.5 Å². The zero-order valence-electron chi connectivity index (χ0n) is 17.2. The molecule has 0 amide bonds. The molecule has 6 rings (SSSR count). The smallest absolute Gasteiger partial charge is 0.310 e. The minimum atomic E-state index is -0.645. The fourth-order valence-electron chi connectivity index (χ4n) is 7.10. The molecule has 4 aliphatic heterocycles. The highest BCUT2D eigenvalue weighted by molar-refractivity contribution is 5.83. The van der Waals surface area contributed by atoms with Crippen molar-refractivity contribution < 1.29 is 23.7 Å². The maximum Gasteiger partial charge on any atom is 0.310 e. The number of carbonyl (C=O) groups excluding carboxylic acids is 1. The molecule has 154 valence electrons. The Morgan fingerprint density at radius 3 is 2.83 bits per heavy atom. The molecule has 1 spiro atoms. The van der Waals surface area contributed by atoms with Crippen LogP contribution in [0.2, 0.25) is 0 Å². The number of rotatable bonds is 3. The van der Waals surface area contributed by atoms with Crippen LogP contribution in [0.5, 0.6) is 11.5 Å². The molecule has 3 saturated heterocycles. The predicted octanol–water partition coefficient (Wildman–Crippen LogP) is 2.26. The van der Waals surface area contributed by atoms with E-state index >= 15 is 0 Å². The molecule has 1 aromatic rings. The minimum Gasteiger partial charge on any atom is -0.497 e. The molecule has 5 aliphatic rings. The van der Waals surface area contributed by atoms with Gasteiger partial charge in [-0.1, -0.05) is 11.6 Å². The predicted molar refractivity (Wildman–Crippen MR) is 105 cm³/mol. The lowest BCUT2D eigenvalue weighted by atomic mass is 9.49. The number of ether oxygens (including phenoxy) is 4. The number of hydrogen-bond donors (Lipinski definition) is 1. The Kier molecular flexibility index (Phi) is 3.31. The topological polar surface area (TPSA) is 69.3 Å². The molecule has 1 saturated carbocycles. The minimum absolute atomic E-state index is 0.0128. The third kappa shape index (κ3) is 1.73. The van der Waals surface area contributed by atoms with Crippen molar-refractivity contribution in [3.63, 3.8) is 0 Å². The summed E-state index contributed by atoms with van der Waals surface area (Å²) in [5.74, 6) is 1.11. The van der Waals surface area contributed by atoms with Crippen LogP contribution in [0.4, 0.5) is 5.69 Å². The lowest BCUT2D eigenvalue weighted by molar-refractivity contribution is -0.161. The molecular weight excluding hydrogens is 372 g/mol. The van der Waals surface area contributed by atoms with Crippen LogP contribution in [0.1, 0.15) is 25.3 Å². The van der Waals surface area contributed by atoms with Crippen LogP contribution in [0.3, 0.4) is 0 Å². The Balaban J connectivity index is 1.66. The standard InChI is InChI=1S/C22H26N2O5/c1-5-11-10-24-16-8-13(11)18(20(25)28-4)21-9-17(24)29-22(16,21)23-19-14(21)6-12(26-2)7-15(19)27-3/h5-7,13,16-18,23H,8-10H2,1-4H3. The van der Waals surface area contributed by atoms with Gasteiger partial charge >= 0.3 is 5.97 Å². The number of methoxy groups -OCH3 is 3. The summed E-state index contributed by atoms with van der Waals surface area (Å²) in [4.78, 5) is 15.8. The maximum atomic E-state index is 13.3. The highest BCUT2D eigenvalue weighted by Crippen LogP contribution is 2.73. The SMILES string of the molecule is CC=C1CN2C3CC45c6cc(OC)cc(OC)c6NC4(O3)C2CC1C5C(=O)OC. The largest absolute Gasteiger partial charge is 0.497 e. The molecule has 1 aromatic carbocycles. The van der Waals surface area contributed by atoms with E-state index in [-0.39, 0.29) is 30.1 Å².